The van der Waals surface area contributed by atoms with Gasteiger partial charge in [-0.15, -0.1) is 0 Å². The first kappa shape index (κ1) is 15.3. The molecule has 2 saturated heterocycles. The first-order chi connectivity index (χ1) is 10.8. The molecule has 0 saturated carbocycles. The summed E-state index contributed by atoms with van der Waals surface area (Å²) in [6.07, 6.45) is 1.06. The zero-order valence-electron chi connectivity index (χ0n) is 13.3. The topological polar surface area (TPSA) is 44.8 Å². The Balaban J connectivity index is 1.52. The Morgan fingerprint density at radius 1 is 1.18 bits per heavy atom. The number of rotatable bonds is 4. The highest BCUT2D eigenvalue weighted by Crippen LogP contribution is 2.15. The molecule has 2 fully saturated rings. The van der Waals surface area contributed by atoms with Gasteiger partial charge >= 0.3 is 0 Å². The van der Waals surface area contributed by atoms with E-state index in [4.69, 9.17) is 4.74 Å². The first-order valence-corrected chi connectivity index (χ1v) is 8.11. The van der Waals surface area contributed by atoms with E-state index in [2.05, 4.69) is 27.2 Å². The maximum absolute atomic E-state index is 12.3. The van der Waals surface area contributed by atoms with Crippen molar-refractivity contribution < 1.29 is 9.53 Å². The Kier molecular flexibility index (Phi) is 4.95. The van der Waals surface area contributed by atoms with Crippen LogP contribution in [0.25, 0.3) is 0 Å². The molecule has 2 heterocycles. The number of carbonyl (C=O) groups is 1. The minimum atomic E-state index is 0.216. The summed E-state index contributed by atoms with van der Waals surface area (Å²) in [6, 6.07) is 8.25. The number of hydrogen-bond donors (Lipinski definition) is 1. The van der Waals surface area contributed by atoms with Crippen LogP contribution in [-0.2, 0) is 11.3 Å². The van der Waals surface area contributed by atoms with Crippen LogP contribution in [-0.4, -0.2) is 62.1 Å². The molecule has 5 heteroatoms. The van der Waals surface area contributed by atoms with Crippen molar-refractivity contribution in [2.75, 3.05) is 46.4 Å². The van der Waals surface area contributed by atoms with Gasteiger partial charge in [0.05, 0.1) is 13.0 Å². The van der Waals surface area contributed by atoms with Gasteiger partial charge in [0.15, 0.2) is 0 Å². The van der Waals surface area contributed by atoms with Crippen molar-refractivity contribution >= 4 is 5.91 Å². The molecule has 22 heavy (non-hydrogen) atoms. The van der Waals surface area contributed by atoms with Gasteiger partial charge in [0, 0.05) is 45.8 Å². The van der Waals surface area contributed by atoms with E-state index >= 15 is 0 Å². The second kappa shape index (κ2) is 7.11. The van der Waals surface area contributed by atoms with E-state index in [1.54, 1.807) is 7.11 Å². The van der Waals surface area contributed by atoms with E-state index in [9.17, 15) is 4.79 Å². The normalized spacial score (nSPS) is 20.3. The molecular formula is C17H25N3O2. The Hall–Kier alpha value is -1.59. The molecule has 1 N–H and O–H groups in total. The fraction of sp³-hybridized carbons (Fsp3) is 0.588. The third-order valence-corrected chi connectivity index (χ3v) is 4.60. The molecule has 0 bridgehead atoms. The Morgan fingerprint density at radius 2 is 1.95 bits per heavy atom. The summed E-state index contributed by atoms with van der Waals surface area (Å²) in [6.45, 7) is 6.41. The monoisotopic (exact) mass is 303 g/mol. The average molecular weight is 303 g/mol. The van der Waals surface area contributed by atoms with Gasteiger partial charge in [0.2, 0.25) is 5.91 Å². The zero-order valence-corrected chi connectivity index (χ0v) is 13.3. The van der Waals surface area contributed by atoms with Crippen LogP contribution in [0.2, 0.25) is 0 Å². The predicted octanol–water partition coefficient (Wildman–Crippen LogP) is 0.949. The summed E-state index contributed by atoms with van der Waals surface area (Å²) in [5.74, 6) is 1.45. The molecule has 0 aliphatic carbocycles. The van der Waals surface area contributed by atoms with Crippen molar-refractivity contribution in [2.45, 2.75) is 13.0 Å². The summed E-state index contributed by atoms with van der Waals surface area (Å²) in [5.41, 5.74) is 1.30. The van der Waals surface area contributed by atoms with Crippen LogP contribution in [0.15, 0.2) is 24.3 Å². The number of nitrogens with zero attached hydrogens (tertiary/aromatic N) is 2. The lowest BCUT2D eigenvalue weighted by Crippen LogP contribution is -2.52. The Bertz CT molecular complexity index is 499. The summed E-state index contributed by atoms with van der Waals surface area (Å²) in [7, 11) is 1.69. The highest BCUT2D eigenvalue weighted by atomic mass is 16.5. The van der Waals surface area contributed by atoms with Crippen LogP contribution in [0.5, 0.6) is 5.75 Å². The van der Waals surface area contributed by atoms with Crippen LogP contribution in [0.1, 0.15) is 12.0 Å². The van der Waals surface area contributed by atoms with E-state index in [1.165, 1.54) is 5.56 Å². The molecule has 1 aromatic carbocycles. The number of carbonyl (C=O) groups excluding carboxylic acids is 1. The number of benzene rings is 1. The van der Waals surface area contributed by atoms with Crippen LogP contribution < -0.4 is 10.1 Å². The molecule has 2 aliphatic rings. The quantitative estimate of drug-likeness (QED) is 0.899. The minimum Gasteiger partial charge on any atom is -0.497 e. The Morgan fingerprint density at radius 3 is 2.59 bits per heavy atom. The molecule has 5 nitrogen and oxygen atoms in total. The van der Waals surface area contributed by atoms with Gasteiger partial charge in [0.1, 0.15) is 5.75 Å². The van der Waals surface area contributed by atoms with Gasteiger partial charge in [-0.3, -0.25) is 9.69 Å². The average Bonchev–Trinajstić information content (AvgIpc) is 2.72. The minimum absolute atomic E-state index is 0.216. The number of hydrogen-bond acceptors (Lipinski definition) is 4. The molecule has 0 spiro atoms. The lowest BCUT2D eigenvalue weighted by molar-refractivity contribution is -0.136. The number of amides is 1. The van der Waals surface area contributed by atoms with E-state index in [1.807, 2.05) is 12.1 Å². The third-order valence-electron chi connectivity index (χ3n) is 4.60. The molecule has 120 valence electrons. The molecular weight excluding hydrogens is 278 g/mol. The third kappa shape index (κ3) is 3.59. The van der Waals surface area contributed by atoms with Crippen molar-refractivity contribution in [3.05, 3.63) is 29.8 Å². The van der Waals surface area contributed by atoms with Crippen molar-refractivity contribution in [3.63, 3.8) is 0 Å². The van der Waals surface area contributed by atoms with Crippen molar-refractivity contribution in [1.82, 2.24) is 15.1 Å². The van der Waals surface area contributed by atoms with Crippen LogP contribution >= 0.6 is 0 Å². The zero-order chi connectivity index (χ0) is 15.4. The van der Waals surface area contributed by atoms with Gasteiger partial charge in [0.25, 0.3) is 0 Å². The van der Waals surface area contributed by atoms with E-state index in [0.717, 1.165) is 58.0 Å². The number of ether oxygens (including phenoxy) is 1. The second-order valence-corrected chi connectivity index (χ2v) is 6.16. The highest BCUT2D eigenvalue weighted by molar-refractivity contribution is 5.80. The van der Waals surface area contributed by atoms with Crippen LogP contribution in [0.3, 0.4) is 0 Å². The van der Waals surface area contributed by atoms with E-state index < -0.39 is 0 Å². The molecule has 0 unspecified atom stereocenters. The smallest absolute Gasteiger partial charge is 0.228 e. The lowest BCUT2D eigenvalue weighted by atomic mass is 10.0. The summed E-state index contributed by atoms with van der Waals surface area (Å²) in [5, 5.41) is 3.18. The van der Waals surface area contributed by atoms with Gasteiger partial charge in [-0.2, -0.15) is 0 Å². The van der Waals surface area contributed by atoms with Crippen molar-refractivity contribution in [2.24, 2.45) is 5.92 Å². The number of nitrogens with one attached hydrogen (secondary N) is 1. The molecule has 3 rings (SSSR count). The molecule has 1 amide bonds. The van der Waals surface area contributed by atoms with Gasteiger partial charge in [-0.05, 0) is 24.1 Å². The SMILES string of the molecule is COc1ccc(CN2CCCN(C(=O)C3CNC3)CC2)cc1. The molecule has 0 radical (unpaired) electrons. The second-order valence-electron chi connectivity index (χ2n) is 6.16. The largest absolute Gasteiger partial charge is 0.497 e. The van der Waals surface area contributed by atoms with Crippen LogP contribution in [0, 0.1) is 5.92 Å². The molecule has 0 atom stereocenters. The lowest BCUT2D eigenvalue weighted by Gasteiger charge is -2.31. The first-order valence-electron chi connectivity index (χ1n) is 8.11. The maximum atomic E-state index is 12.3. The molecule has 1 aromatic rings. The molecule has 0 aromatic heterocycles. The predicted molar refractivity (Wildman–Crippen MR) is 85.8 cm³/mol. The van der Waals surface area contributed by atoms with E-state index in [-0.39, 0.29) is 5.92 Å². The van der Waals surface area contributed by atoms with Crippen LogP contribution in [0.4, 0.5) is 0 Å². The van der Waals surface area contributed by atoms with Crippen molar-refractivity contribution in [3.8, 4) is 5.75 Å². The van der Waals surface area contributed by atoms with E-state index in [0.29, 0.717) is 5.91 Å². The number of methoxy groups -OCH3 is 1. The summed E-state index contributed by atoms with van der Waals surface area (Å²) in [4.78, 5) is 16.8. The molecule has 2 aliphatic heterocycles. The van der Waals surface area contributed by atoms with Gasteiger partial charge < -0.3 is 15.0 Å². The fourth-order valence-corrected chi connectivity index (χ4v) is 3.06. The summed E-state index contributed by atoms with van der Waals surface area (Å²) < 4.78 is 5.20. The van der Waals surface area contributed by atoms with Gasteiger partial charge in [-0.1, -0.05) is 12.1 Å². The maximum Gasteiger partial charge on any atom is 0.228 e. The highest BCUT2D eigenvalue weighted by Gasteiger charge is 2.30. The van der Waals surface area contributed by atoms with Gasteiger partial charge in [-0.25, -0.2) is 0 Å². The Labute approximate surface area is 132 Å². The fourth-order valence-electron chi connectivity index (χ4n) is 3.06. The standard InChI is InChI=1S/C17H25N3O2/c1-22-16-5-3-14(4-6-16)13-19-7-2-8-20(10-9-19)17(21)15-11-18-12-15/h3-6,15,18H,2,7-13H2,1H3. The van der Waals surface area contributed by atoms with Crippen molar-refractivity contribution in [1.29, 1.82) is 0 Å². The summed E-state index contributed by atoms with van der Waals surface area (Å²) >= 11 is 0.